The molecule has 0 radical (unpaired) electrons. The Hall–Kier alpha value is -1.32. The van der Waals surface area contributed by atoms with Crippen LogP contribution in [0.1, 0.15) is 200 Å². The van der Waals surface area contributed by atoms with Gasteiger partial charge in [-0.1, -0.05) is 135 Å². The number of carboxylic acid groups (broad SMARTS) is 1. The Morgan fingerprint density at radius 3 is 1.38 bits per heavy atom. The molecule has 1 N–H and O–H groups in total. The minimum absolute atomic E-state index is 0.0230. The Morgan fingerprint density at radius 1 is 0.525 bits per heavy atom. The van der Waals surface area contributed by atoms with Gasteiger partial charge in [0.2, 0.25) is 0 Å². The first-order valence-electron chi connectivity index (χ1n) is 17.7. The lowest BCUT2D eigenvalue weighted by molar-refractivity contribution is -0.150. The number of hydrogen-bond acceptors (Lipinski definition) is 3. The van der Waals surface area contributed by atoms with E-state index in [4.69, 9.17) is 9.84 Å². The molecule has 0 amide bonds. The van der Waals surface area contributed by atoms with Gasteiger partial charge in [0.1, 0.15) is 6.10 Å². The highest BCUT2D eigenvalue weighted by molar-refractivity contribution is 5.69. The van der Waals surface area contributed by atoms with Gasteiger partial charge in [0.25, 0.3) is 0 Å². The number of hydrogen-bond donors (Lipinski definition) is 1. The summed E-state index contributed by atoms with van der Waals surface area (Å²) in [6.45, 7) is 4.50. The zero-order chi connectivity index (χ0) is 29.4. The number of aliphatic carboxylic acids is 1. The van der Waals surface area contributed by atoms with Crippen LogP contribution in [0.25, 0.3) is 0 Å². The van der Waals surface area contributed by atoms with Crippen molar-refractivity contribution in [2.75, 3.05) is 0 Å². The molecule has 0 aromatic heterocycles. The van der Waals surface area contributed by atoms with Crippen LogP contribution in [0.5, 0.6) is 0 Å². The largest absolute Gasteiger partial charge is 0.481 e. The van der Waals surface area contributed by atoms with Gasteiger partial charge in [-0.3, -0.25) is 9.59 Å². The van der Waals surface area contributed by atoms with Crippen molar-refractivity contribution in [2.24, 2.45) is 0 Å². The first-order chi connectivity index (χ1) is 19.6. The molecule has 0 aliphatic carbocycles. The summed E-state index contributed by atoms with van der Waals surface area (Å²) in [5, 5.41) is 8.68. The molecule has 0 aromatic rings. The maximum absolute atomic E-state index is 12.5. The highest BCUT2D eigenvalue weighted by atomic mass is 16.5. The number of carbonyl (C=O) groups excluding carboxylic acids is 1. The van der Waals surface area contributed by atoms with Crippen LogP contribution in [0.15, 0.2) is 12.2 Å². The molecule has 0 saturated heterocycles. The van der Waals surface area contributed by atoms with Crippen LogP contribution in [0, 0.1) is 0 Å². The van der Waals surface area contributed by atoms with Gasteiger partial charge in [-0.15, -0.1) is 0 Å². The zero-order valence-corrected chi connectivity index (χ0v) is 26.9. The summed E-state index contributed by atoms with van der Waals surface area (Å²) in [6.07, 6.45) is 38.1. The fraction of sp³-hybridized carbons (Fsp3) is 0.889. The van der Waals surface area contributed by atoms with E-state index in [2.05, 4.69) is 26.0 Å². The van der Waals surface area contributed by atoms with Crippen molar-refractivity contribution < 1.29 is 19.4 Å². The molecule has 4 nitrogen and oxygen atoms in total. The molecule has 236 valence electrons. The second-order valence-corrected chi connectivity index (χ2v) is 12.1. The monoisotopic (exact) mass is 565 g/mol. The minimum Gasteiger partial charge on any atom is -0.481 e. The third-order valence-corrected chi connectivity index (χ3v) is 7.99. The van der Waals surface area contributed by atoms with Gasteiger partial charge < -0.3 is 9.84 Å². The maximum Gasteiger partial charge on any atom is 0.306 e. The topological polar surface area (TPSA) is 63.6 Å². The normalized spacial score (nSPS) is 12.2. The van der Waals surface area contributed by atoms with E-state index in [1.165, 1.54) is 122 Å². The lowest BCUT2D eigenvalue weighted by Crippen LogP contribution is -2.18. The Labute approximate surface area is 249 Å². The van der Waals surface area contributed by atoms with E-state index < -0.39 is 5.97 Å². The lowest BCUT2D eigenvalue weighted by Gasteiger charge is -2.18. The summed E-state index contributed by atoms with van der Waals surface area (Å²) in [7, 11) is 0. The van der Waals surface area contributed by atoms with Crippen LogP contribution in [-0.2, 0) is 14.3 Å². The standard InChI is InChI=1S/C36H68O4/c1-3-5-7-9-10-11-12-13-14-19-22-25-29-33-36(39)40-34(30-26-8-6-4-2)31-27-23-20-17-15-16-18-21-24-28-32-35(37)38/h11-12,34H,3-10,13-33H2,1-2H3,(H,37,38)/b12-11-. The van der Waals surface area contributed by atoms with Crippen LogP contribution in [0.2, 0.25) is 0 Å². The quantitative estimate of drug-likeness (QED) is 0.0501. The Bertz CT molecular complexity index is 571. The third-order valence-electron chi connectivity index (χ3n) is 7.99. The molecule has 0 aromatic carbocycles. The number of esters is 1. The summed E-state index contributed by atoms with van der Waals surface area (Å²) in [6, 6.07) is 0. The summed E-state index contributed by atoms with van der Waals surface area (Å²) < 4.78 is 5.96. The van der Waals surface area contributed by atoms with E-state index in [0.717, 1.165) is 51.4 Å². The van der Waals surface area contributed by atoms with Gasteiger partial charge in [0.05, 0.1) is 0 Å². The van der Waals surface area contributed by atoms with E-state index in [0.29, 0.717) is 12.8 Å². The molecule has 1 unspecified atom stereocenters. The van der Waals surface area contributed by atoms with Crippen molar-refractivity contribution in [1.29, 1.82) is 0 Å². The van der Waals surface area contributed by atoms with E-state index in [-0.39, 0.29) is 12.1 Å². The van der Waals surface area contributed by atoms with Gasteiger partial charge in [-0.05, 0) is 64.2 Å². The lowest BCUT2D eigenvalue weighted by atomic mass is 10.0. The number of carbonyl (C=O) groups is 2. The summed E-state index contributed by atoms with van der Waals surface area (Å²) >= 11 is 0. The Morgan fingerprint density at radius 2 is 0.900 bits per heavy atom. The van der Waals surface area contributed by atoms with E-state index in [9.17, 15) is 9.59 Å². The molecule has 0 aliphatic heterocycles. The fourth-order valence-corrected chi connectivity index (χ4v) is 5.35. The summed E-state index contributed by atoms with van der Waals surface area (Å²) in [5.41, 5.74) is 0. The summed E-state index contributed by atoms with van der Waals surface area (Å²) in [4.78, 5) is 23.1. The van der Waals surface area contributed by atoms with Crippen molar-refractivity contribution >= 4 is 11.9 Å². The van der Waals surface area contributed by atoms with Crippen molar-refractivity contribution in [3.05, 3.63) is 12.2 Å². The molecule has 1 atom stereocenters. The van der Waals surface area contributed by atoms with Crippen molar-refractivity contribution in [2.45, 2.75) is 206 Å². The molecule has 0 heterocycles. The SMILES string of the molecule is CCCCCC/C=C\CCCCCCCC(=O)OC(CCCCCC)CCCCCCCCCCCCC(=O)O. The van der Waals surface area contributed by atoms with E-state index >= 15 is 0 Å². The van der Waals surface area contributed by atoms with Gasteiger partial charge in [0.15, 0.2) is 0 Å². The van der Waals surface area contributed by atoms with Gasteiger partial charge in [-0.2, -0.15) is 0 Å². The second-order valence-electron chi connectivity index (χ2n) is 12.1. The molecule has 0 aliphatic rings. The van der Waals surface area contributed by atoms with Crippen molar-refractivity contribution in [1.82, 2.24) is 0 Å². The maximum atomic E-state index is 12.5. The van der Waals surface area contributed by atoms with Crippen LogP contribution in [0.3, 0.4) is 0 Å². The second kappa shape index (κ2) is 32.2. The van der Waals surface area contributed by atoms with Crippen LogP contribution < -0.4 is 0 Å². The molecular weight excluding hydrogens is 496 g/mol. The first kappa shape index (κ1) is 38.7. The highest BCUT2D eigenvalue weighted by Gasteiger charge is 2.14. The predicted molar refractivity (Wildman–Crippen MR) is 172 cm³/mol. The average molecular weight is 565 g/mol. The minimum atomic E-state index is -0.675. The zero-order valence-electron chi connectivity index (χ0n) is 26.9. The molecular formula is C36H68O4. The predicted octanol–water partition coefficient (Wildman–Crippen LogP) is 11.9. The first-order valence-corrected chi connectivity index (χ1v) is 17.7. The van der Waals surface area contributed by atoms with E-state index in [1.54, 1.807) is 0 Å². The smallest absolute Gasteiger partial charge is 0.306 e. The number of rotatable bonds is 32. The average Bonchev–Trinajstić information content (AvgIpc) is 2.93. The van der Waals surface area contributed by atoms with Gasteiger partial charge in [0, 0.05) is 12.8 Å². The molecule has 0 saturated carbocycles. The number of carboxylic acids is 1. The van der Waals surface area contributed by atoms with Gasteiger partial charge >= 0.3 is 11.9 Å². The number of unbranched alkanes of at least 4 members (excludes halogenated alkanes) is 21. The highest BCUT2D eigenvalue weighted by Crippen LogP contribution is 2.18. The van der Waals surface area contributed by atoms with Crippen LogP contribution in [0.4, 0.5) is 0 Å². The molecule has 40 heavy (non-hydrogen) atoms. The third kappa shape index (κ3) is 31.2. The fourth-order valence-electron chi connectivity index (χ4n) is 5.35. The molecule has 4 heteroatoms. The summed E-state index contributed by atoms with van der Waals surface area (Å²) in [5.74, 6) is -0.652. The van der Waals surface area contributed by atoms with Crippen LogP contribution in [-0.4, -0.2) is 23.1 Å². The Balaban J connectivity index is 3.85. The molecule has 0 rings (SSSR count). The Kier molecular flexibility index (Phi) is 31.1. The van der Waals surface area contributed by atoms with Gasteiger partial charge in [-0.25, -0.2) is 0 Å². The van der Waals surface area contributed by atoms with Crippen LogP contribution >= 0.6 is 0 Å². The van der Waals surface area contributed by atoms with E-state index in [1.807, 2.05) is 0 Å². The number of ether oxygens (including phenoxy) is 1. The van der Waals surface area contributed by atoms with Crippen molar-refractivity contribution in [3.8, 4) is 0 Å². The molecule has 0 spiro atoms. The number of allylic oxidation sites excluding steroid dienone is 2. The molecule has 0 bridgehead atoms. The molecule has 0 fully saturated rings. The van der Waals surface area contributed by atoms with Crippen molar-refractivity contribution in [3.63, 3.8) is 0 Å².